The number of hydrogen-bond acceptors (Lipinski definition) is 5. The van der Waals surface area contributed by atoms with Gasteiger partial charge in [-0.2, -0.15) is 0 Å². The monoisotopic (exact) mass is 456 g/mol. The van der Waals surface area contributed by atoms with Gasteiger partial charge in [0.15, 0.2) is 11.5 Å². The molecular weight excluding hydrogens is 440 g/mol. The van der Waals surface area contributed by atoms with E-state index in [1.54, 1.807) is 25.1 Å². The normalized spacial score (nSPS) is 11.0. The smallest absolute Gasteiger partial charge is 0.263 e. The molecule has 0 saturated carbocycles. The molecule has 0 atom stereocenters. The molecule has 0 radical (unpaired) electrons. The Hall–Kier alpha value is -2.64. The van der Waals surface area contributed by atoms with E-state index in [4.69, 9.17) is 9.47 Å². The first-order chi connectivity index (χ1) is 13.6. The largest absolute Gasteiger partial charge is 0.493 e. The van der Waals surface area contributed by atoms with E-state index in [9.17, 15) is 4.79 Å². The van der Waals surface area contributed by atoms with E-state index in [0.717, 1.165) is 26.0 Å². The van der Waals surface area contributed by atoms with Crippen LogP contribution in [0.4, 0.5) is 0 Å². The summed E-state index contributed by atoms with van der Waals surface area (Å²) in [5.74, 6) is 1.24. The summed E-state index contributed by atoms with van der Waals surface area (Å²) >= 11 is 5.04. The van der Waals surface area contributed by atoms with Crippen LogP contribution in [0.25, 0.3) is 21.3 Å². The van der Waals surface area contributed by atoms with Crippen molar-refractivity contribution in [3.8, 4) is 22.6 Å². The van der Waals surface area contributed by atoms with Crippen LogP contribution in [0.15, 0.2) is 63.4 Å². The van der Waals surface area contributed by atoms with Crippen LogP contribution in [0, 0.1) is 0 Å². The van der Waals surface area contributed by atoms with Crippen molar-refractivity contribution in [1.82, 2.24) is 9.55 Å². The average Bonchev–Trinajstić information content (AvgIpc) is 3.16. The standard InChI is InChI=1S/C21H17BrN2O3S/c1-26-17-8-14(16(22)9-18(17)27-2)10-24-12-23-20-19(21(24)25)15(11-28-20)13-6-4-3-5-7-13/h3-9,11-12H,10H2,1-2H3. The lowest BCUT2D eigenvalue weighted by Crippen LogP contribution is -2.21. The summed E-state index contributed by atoms with van der Waals surface area (Å²) in [5.41, 5.74) is 2.76. The van der Waals surface area contributed by atoms with E-state index in [1.807, 2.05) is 47.8 Å². The molecule has 0 N–H and O–H groups in total. The Morgan fingerprint density at radius 3 is 2.54 bits per heavy atom. The van der Waals surface area contributed by atoms with Gasteiger partial charge in [0.25, 0.3) is 5.56 Å². The number of halogens is 1. The molecule has 0 aliphatic heterocycles. The maximum absolute atomic E-state index is 13.2. The predicted octanol–water partition coefficient (Wildman–Crippen LogP) is 4.95. The lowest BCUT2D eigenvalue weighted by molar-refractivity contribution is 0.354. The fourth-order valence-corrected chi connectivity index (χ4v) is 4.47. The number of aromatic nitrogens is 2. The Morgan fingerprint density at radius 1 is 1.11 bits per heavy atom. The van der Waals surface area contributed by atoms with Crippen molar-refractivity contribution in [2.75, 3.05) is 14.2 Å². The Kier molecular flexibility index (Phi) is 5.19. The molecule has 142 valence electrons. The molecule has 0 spiro atoms. The number of methoxy groups -OCH3 is 2. The first-order valence-corrected chi connectivity index (χ1v) is 10.2. The highest BCUT2D eigenvalue weighted by atomic mass is 79.9. The SMILES string of the molecule is COc1cc(Br)c(Cn2cnc3scc(-c4ccccc4)c3c2=O)cc1OC. The highest BCUT2D eigenvalue weighted by molar-refractivity contribution is 9.10. The van der Waals surface area contributed by atoms with Crippen LogP contribution in [0.5, 0.6) is 11.5 Å². The topological polar surface area (TPSA) is 53.4 Å². The summed E-state index contributed by atoms with van der Waals surface area (Å²) in [5, 5.41) is 2.64. The molecule has 2 aromatic heterocycles. The molecule has 0 fully saturated rings. The van der Waals surface area contributed by atoms with Gasteiger partial charge in [-0.25, -0.2) is 4.98 Å². The quantitative estimate of drug-likeness (QED) is 0.426. The van der Waals surface area contributed by atoms with E-state index in [-0.39, 0.29) is 5.56 Å². The summed E-state index contributed by atoms with van der Waals surface area (Å²) in [6, 6.07) is 13.6. The lowest BCUT2D eigenvalue weighted by atomic mass is 10.1. The zero-order chi connectivity index (χ0) is 19.7. The van der Waals surface area contributed by atoms with Crippen molar-refractivity contribution >= 4 is 37.5 Å². The Labute approximate surface area is 174 Å². The number of hydrogen-bond donors (Lipinski definition) is 0. The van der Waals surface area contributed by atoms with Crippen LogP contribution in [0.1, 0.15) is 5.56 Å². The van der Waals surface area contributed by atoms with Gasteiger partial charge in [-0.3, -0.25) is 9.36 Å². The van der Waals surface area contributed by atoms with E-state index in [2.05, 4.69) is 20.9 Å². The Balaban J connectivity index is 1.81. The molecule has 0 bridgehead atoms. The van der Waals surface area contributed by atoms with E-state index in [0.29, 0.717) is 23.4 Å². The first-order valence-electron chi connectivity index (χ1n) is 8.55. The van der Waals surface area contributed by atoms with Crippen molar-refractivity contribution < 1.29 is 9.47 Å². The zero-order valence-corrected chi connectivity index (χ0v) is 17.7. The molecule has 0 amide bonds. The molecule has 5 nitrogen and oxygen atoms in total. The van der Waals surface area contributed by atoms with Crippen LogP contribution >= 0.6 is 27.3 Å². The van der Waals surface area contributed by atoms with Crippen molar-refractivity contribution in [3.63, 3.8) is 0 Å². The highest BCUT2D eigenvalue weighted by Crippen LogP contribution is 2.34. The van der Waals surface area contributed by atoms with Crippen LogP contribution in [0.3, 0.4) is 0 Å². The number of thiophene rings is 1. The maximum atomic E-state index is 13.2. The van der Waals surface area contributed by atoms with Gasteiger partial charge >= 0.3 is 0 Å². The second-order valence-corrected chi connectivity index (χ2v) is 7.88. The summed E-state index contributed by atoms with van der Waals surface area (Å²) < 4.78 is 13.2. The molecule has 0 unspecified atom stereocenters. The van der Waals surface area contributed by atoms with Crippen molar-refractivity contribution in [2.24, 2.45) is 0 Å². The fraction of sp³-hybridized carbons (Fsp3) is 0.143. The van der Waals surface area contributed by atoms with E-state index in [1.165, 1.54) is 11.3 Å². The summed E-state index contributed by atoms with van der Waals surface area (Å²) in [4.78, 5) is 18.5. The molecular formula is C21H17BrN2O3S. The maximum Gasteiger partial charge on any atom is 0.263 e. The second-order valence-electron chi connectivity index (χ2n) is 6.17. The minimum Gasteiger partial charge on any atom is -0.493 e. The minimum absolute atomic E-state index is 0.0632. The highest BCUT2D eigenvalue weighted by Gasteiger charge is 2.15. The van der Waals surface area contributed by atoms with Crippen LogP contribution in [-0.4, -0.2) is 23.8 Å². The molecule has 4 aromatic rings. The summed E-state index contributed by atoms with van der Waals surface area (Å²) in [7, 11) is 3.18. The number of rotatable bonds is 5. The molecule has 0 aliphatic carbocycles. The average molecular weight is 457 g/mol. The molecule has 0 aliphatic rings. The first kappa shape index (κ1) is 18.7. The molecule has 28 heavy (non-hydrogen) atoms. The second kappa shape index (κ2) is 7.77. The summed E-state index contributed by atoms with van der Waals surface area (Å²) in [6.45, 7) is 0.368. The number of fused-ring (bicyclic) bond motifs is 1. The zero-order valence-electron chi connectivity index (χ0n) is 15.3. The van der Waals surface area contributed by atoms with Gasteiger partial charge in [0.1, 0.15) is 4.83 Å². The van der Waals surface area contributed by atoms with E-state index < -0.39 is 0 Å². The molecule has 7 heteroatoms. The molecule has 4 rings (SSSR count). The van der Waals surface area contributed by atoms with Gasteiger partial charge in [0.05, 0.1) is 32.5 Å². The minimum atomic E-state index is -0.0632. The van der Waals surface area contributed by atoms with Gasteiger partial charge in [0, 0.05) is 15.4 Å². The number of nitrogens with zero attached hydrogens (tertiary/aromatic N) is 2. The van der Waals surface area contributed by atoms with Crippen LogP contribution < -0.4 is 15.0 Å². The summed E-state index contributed by atoms with van der Waals surface area (Å²) in [6.07, 6.45) is 1.60. The number of benzene rings is 2. The van der Waals surface area contributed by atoms with Crippen LogP contribution in [0.2, 0.25) is 0 Å². The third kappa shape index (κ3) is 3.31. The van der Waals surface area contributed by atoms with Gasteiger partial charge in [-0.15, -0.1) is 11.3 Å². The molecule has 2 heterocycles. The fourth-order valence-electron chi connectivity index (χ4n) is 3.11. The van der Waals surface area contributed by atoms with Crippen molar-refractivity contribution in [1.29, 1.82) is 0 Å². The van der Waals surface area contributed by atoms with Gasteiger partial charge < -0.3 is 9.47 Å². The predicted molar refractivity (Wildman–Crippen MR) is 116 cm³/mol. The van der Waals surface area contributed by atoms with Crippen LogP contribution in [-0.2, 0) is 6.54 Å². The third-order valence-electron chi connectivity index (χ3n) is 4.54. The van der Waals surface area contributed by atoms with Gasteiger partial charge in [-0.05, 0) is 23.3 Å². The Morgan fingerprint density at radius 2 is 1.82 bits per heavy atom. The third-order valence-corrected chi connectivity index (χ3v) is 6.16. The lowest BCUT2D eigenvalue weighted by Gasteiger charge is -2.13. The molecule has 2 aromatic carbocycles. The van der Waals surface area contributed by atoms with Gasteiger partial charge in [-0.1, -0.05) is 46.3 Å². The van der Waals surface area contributed by atoms with Crippen molar-refractivity contribution in [3.05, 3.63) is 74.6 Å². The number of ether oxygens (including phenoxy) is 2. The molecule has 0 saturated heterocycles. The van der Waals surface area contributed by atoms with Crippen molar-refractivity contribution in [2.45, 2.75) is 6.54 Å². The van der Waals surface area contributed by atoms with E-state index >= 15 is 0 Å². The van der Waals surface area contributed by atoms with Gasteiger partial charge in [0.2, 0.25) is 0 Å². The Bertz CT molecular complexity index is 1200.